The predicted molar refractivity (Wildman–Crippen MR) is 234 cm³/mol. The molecule has 0 spiro atoms. The highest BCUT2D eigenvalue weighted by Gasteiger charge is 2.42. The summed E-state index contributed by atoms with van der Waals surface area (Å²) in [5.74, 6) is 0. The van der Waals surface area contributed by atoms with Gasteiger partial charge in [-0.05, 0) is 59.1 Å². The summed E-state index contributed by atoms with van der Waals surface area (Å²) in [5.41, 5.74) is 6.39. The van der Waals surface area contributed by atoms with Gasteiger partial charge in [-0.15, -0.1) is 0 Å². The minimum atomic E-state index is -0.516. The van der Waals surface area contributed by atoms with E-state index in [4.69, 9.17) is 9.98 Å². The molecule has 2 saturated carbocycles. The van der Waals surface area contributed by atoms with Gasteiger partial charge in [-0.2, -0.15) is 0 Å². The Balaban J connectivity index is 1.08. The van der Waals surface area contributed by atoms with Crippen molar-refractivity contribution in [1.29, 1.82) is 0 Å². The van der Waals surface area contributed by atoms with Gasteiger partial charge in [0.1, 0.15) is 0 Å². The number of benzene rings is 6. The van der Waals surface area contributed by atoms with Crippen molar-refractivity contribution in [3.05, 3.63) is 215 Å². The SMILES string of the molecule is C(/C=N/C1CCCC[C@H]1NC(c1ccccc1)(c1ccccc1)c1ccccc1)=N\C1CCCC[C@H]1NC(c1ccccc1)(c1ccccc1)c1ccccc1. The van der Waals surface area contributed by atoms with Gasteiger partial charge < -0.3 is 0 Å². The highest BCUT2D eigenvalue weighted by atomic mass is 15.1. The number of hydrogen-bond acceptors (Lipinski definition) is 4. The summed E-state index contributed by atoms with van der Waals surface area (Å²) in [6.45, 7) is 0. The number of nitrogens with zero attached hydrogens (tertiary/aromatic N) is 2. The Morgan fingerprint density at radius 3 is 0.821 bits per heavy atom. The van der Waals surface area contributed by atoms with E-state index in [1.807, 2.05) is 12.4 Å². The van der Waals surface area contributed by atoms with Crippen LogP contribution >= 0.6 is 0 Å². The molecular formula is C52H54N4. The Hall–Kier alpha value is -5.42. The lowest BCUT2D eigenvalue weighted by molar-refractivity contribution is 0.281. The Kier molecular flexibility index (Phi) is 12.1. The fourth-order valence-corrected chi connectivity index (χ4v) is 9.40. The van der Waals surface area contributed by atoms with Crippen LogP contribution in [0.25, 0.3) is 0 Å². The molecule has 6 aromatic carbocycles. The molecule has 2 aliphatic carbocycles. The first-order chi connectivity index (χ1) is 27.8. The third-order valence-corrected chi connectivity index (χ3v) is 12.1. The molecule has 2 N–H and O–H groups in total. The van der Waals surface area contributed by atoms with Crippen LogP contribution in [0.3, 0.4) is 0 Å². The van der Waals surface area contributed by atoms with Crippen LogP contribution in [0.2, 0.25) is 0 Å². The standard InChI is InChI=1S/C52H54N4/c1-7-23-41(24-8-1)51(42-25-9-2-10-26-42,43-27-11-3-12-28-43)55-49-37-21-19-35-47(49)53-39-40-54-48-36-20-22-38-50(48)56-52(44-29-13-4-14-30-44,45-31-15-5-16-32-45)46-33-17-6-18-34-46/h1-18,23-34,39-40,47-50,55-56H,19-22,35-38H2/b53-39+,54-40+/t47?,48?,49-,50-/m1/s1. The van der Waals surface area contributed by atoms with Gasteiger partial charge in [-0.25, -0.2) is 0 Å². The van der Waals surface area contributed by atoms with Crippen LogP contribution in [0.4, 0.5) is 0 Å². The molecule has 56 heavy (non-hydrogen) atoms. The lowest BCUT2D eigenvalue weighted by atomic mass is 9.75. The summed E-state index contributed by atoms with van der Waals surface area (Å²) >= 11 is 0. The van der Waals surface area contributed by atoms with Crippen molar-refractivity contribution in [3.8, 4) is 0 Å². The van der Waals surface area contributed by atoms with Crippen molar-refractivity contribution < 1.29 is 0 Å². The monoisotopic (exact) mass is 734 g/mol. The average Bonchev–Trinajstić information content (AvgIpc) is 3.29. The summed E-state index contributed by atoms with van der Waals surface area (Å²) in [6.07, 6.45) is 13.0. The number of aliphatic imine (C=N–C) groups is 2. The molecular weight excluding hydrogens is 681 g/mol. The van der Waals surface area contributed by atoms with E-state index in [1.165, 1.54) is 59.1 Å². The molecule has 0 aliphatic heterocycles. The first-order valence-electron chi connectivity index (χ1n) is 20.7. The second kappa shape index (κ2) is 18.0. The van der Waals surface area contributed by atoms with Gasteiger partial charge in [0, 0.05) is 24.5 Å². The van der Waals surface area contributed by atoms with Crippen LogP contribution in [0.1, 0.15) is 84.7 Å². The summed E-state index contributed by atoms with van der Waals surface area (Å²) in [4.78, 5) is 10.6. The summed E-state index contributed by atoms with van der Waals surface area (Å²) < 4.78 is 0. The predicted octanol–water partition coefficient (Wildman–Crippen LogP) is 10.9. The van der Waals surface area contributed by atoms with Gasteiger partial charge >= 0.3 is 0 Å². The molecule has 0 saturated heterocycles. The molecule has 0 bridgehead atoms. The second-order valence-electron chi connectivity index (χ2n) is 15.5. The maximum Gasteiger partial charge on any atom is 0.0950 e. The molecule has 0 aromatic heterocycles. The third-order valence-electron chi connectivity index (χ3n) is 12.1. The minimum Gasteiger partial charge on any atom is -0.295 e. The molecule has 2 unspecified atom stereocenters. The van der Waals surface area contributed by atoms with E-state index in [2.05, 4.69) is 193 Å². The van der Waals surface area contributed by atoms with Crippen LogP contribution in [0.5, 0.6) is 0 Å². The van der Waals surface area contributed by atoms with E-state index in [1.54, 1.807) is 0 Å². The normalized spacial score (nSPS) is 20.6. The Bertz CT molecular complexity index is 1770. The summed E-state index contributed by atoms with van der Waals surface area (Å²) in [6, 6.07) is 66.3. The topological polar surface area (TPSA) is 48.8 Å². The van der Waals surface area contributed by atoms with Crippen molar-refractivity contribution in [2.45, 2.75) is 86.6 Å². The Labute approximate surface area is 333 Å². The zero-order chi connectivity index (χ0) is 37.9. The highest BCUT2D eigenvalue weighted by molar-refractivity contribution is 6.16. The maximum absolute atomic E-state index is 5.30. The Morgan fingerprint density at radius 2 is 0.571 bits per heavy atom. The first kappa shape index (κ1) is 37.5. The zero-order valence-electron chi connectivity index (χ0n) is 32.3. The van der Waals surface area contributed by atoms with Crippen LogP contribution in [0, 0.1) is 0 Å². The van der Waals surface area contributed by atoms with Gasteiger partial charge in [0.2, 0.25) is 0 Å². The van der Waals surface area contributed by atoms with Gasteiger partial charge in [0.05, 0.1) is 23.2 Å². The van der Waals surface area contributed by atoms with Gasteiger partial charge in [-0.3, -0.25) is 20.6 Å². The summed E-state index contributed by atoms with van der Waals surface area (Å²) in [5, 5.41) is 8.54. The smallest absolute Gasteiger partial charge is 0.0950 e. The van der Waals surface area contributed by atoms with Crippen molar-refractivity contribution in [3.63, 3.8) is 0 Å². The van der Waals surface area contributed by atoms with Crippen molar-refractivity contribution in [2.75, 3.05) is 0 Å². The van der Waals surface area contributed by atoms with E-state index in [9.17, 15) is 0 Å². The van der Waals surface area contributed by atoms with E-state index in [0.717, 1.165) is 25.7 Å². The van der Waals surface area contributed by atoms with E-state index >= 15 is 0 Å². The summed E-state index contributed by atoms with van der Waals surface area (Å²) in [7, 11) is 0. The van der Waals surface area contributed by atoms with Crippen molar-refractivity contribution in [2.24, 2.45) is 9.98 Å². The quantitative estimate of drug-likeness (QED) is 0.0917. The van der Waals surface area contributed by atoms with Crippen molar-refractivity contribution >= 4 is 12.4 Å². The average molecular weight is 735 g/mol. The van der Waals surface area contributed by atoms with Gasteiger partial charge in [0.15, 0.2) is 0 Å². The number of nitrogens with one attached hydrogen (secondary N) is 2. The largest absolute Gasteiger partial charge is 0.295 e. The second-order valence-corrected chi connectivity index (χ2v) is 15.5. The fraction of sp³-hybridized carbons (Fsp3) is 0.269. The van der Waals surface area contributed by atoms with Gasteiger partial charge in [0.25, 0.3) is 0 Å². The number of rotatable bonds is 13. The molecule has 6 aromatic rings. The third kappa shape index (κ3) is 7.95. The van der Waals surface area contributed by atoms with Gasteiger partial charge in [-0.1, -0.05) is 208 Å². The van der Waals surface area contributed by atoms with Crippen LogP contribution in [0.15, 0.2) is 192 Å². The highest BCUT2D eigenvalue weighted by Crippen LogP contribution is 2.41. The first-order valence-corrected chi connectivity index (χ1v) is 20.7. The molecule has 282 valence electrons. The van der Waals surface area contributed by atoms with E-state index < -0.39 is 11.1 Å². The molecule has 4 atom stereocenters. The molecule has 4 nitrogen and oxygen atoms in total. The fourth-order valence-electron chi connectivity index (χ4n) is 9.40. The molecule has 2 aliphatic rings. The molecule has 0 heterocycles. The van der Waals surface area contributed by atoms with Crippen molar-refractivity contribution in [1.82, 2.24) is 10.6 Å². The van der Waals surface area contributed by atoms with E-state index in [0.29, 0.717) is 0 Å². The van der Waals surface area contributed by atoms with Crippen LogP contribution in [-0.4, -0.2) is 36.6 Å². The maximum atomic E-state index is 5.30. The Morgan fingerprint density at radius 1 is 0.339 bits per heavy atom. The molecule has 8 rings (SSSR count). The zero-order valence-corrected chi connectivity index (χ0v) is 32.3. The van der Waals surface area contributed by atoms with Crippen LogP contribution < -0.4 is 10.6 Å². The van der Waals surface area contributed by atoms with E-state index in [-0.39, 0.29) is 24.2 Å². The lowest BCUT2D eigenvalue weighted by Gasteiger charge is -2.43. The molecule has 4 heteroatoms. The molecule has 2 fully saturated rings. The minimum absolute atomic E-state index is 0.146. The molecule has 0 radical (unpaired) electrons. The van der Waals surface area contributed by atoms with Crippen LogP contribution in [-0.2, 0) is 11.1 Å². The lowest BCUT2D eigenvalue weighted by Crippen LogP contribution is -2.54. The number of hydrogen-bond donors (Lipinski definition) is 2. The molecule has 0 amide bonds.